The largest absolute Gasteiger partial charge is 0.484 e. The Kier molecular flexibility index (Phi) is 5.44. The summed E-state index contributed by atoms with van der Waals surface area (Å²) in [5.41, 5.74) is -0.228. The number of nitro benzene ring substituents is 1. The van der Waals surface area contributed by atoms with Crippen LogP contribution in [0.2, 0.25) is 0 Å². The van der Waals surface area contributed by atoms with E-state index in [1.54, 1.807) is 0 Å². The molecule has 0 N–H and O–H groups in total. The van der Waals surface area contributed by atoms with E-state index < -0.39 is 17.7 Å². The number of alkyl halides is 3. The van der Waals surface area contributed by atoms with Crippen LogP contribution >= 0.6 is 0 Å². The third kappa shape index (κ3) is 5.22. The van der Waals surface area contributed by atoms with Gasteiger partial charge in [0.25, 0.3) is 0 Å². The van der Waals surface area contributed by atoms with Crippen molar-refractivity contribution in [2.24, 2.45) is 0 Å². The van der Waals surface area contributed by atoms with Crippen molar-refractivity contribution in [2.75, 3.05) is 19.8 Å². The lowest BCUT2D eigenvalue weighted by molar-refractivity contribution is -0.385. The number of hydrogen-bond donors (Lipinski definition) is 0. The lowest BCUT2D eigenvalue weighted by atomic mass is 10.2. The van der Waals surface area contributed by atoms with Crippen LogP contribution in [0, 0.1) is 10.1 Å². The zero-order chi connectivity index (χ0) is 15.2. The van der Waals surface area contributed by atoms with Gasteiger partial charge in [-0.3, -0.25) is 14.9 Å². The third-order valence-electron chi connectivity index (χ3n) is 2.07. The summed E-state index contributed by atoms with van der Waals surface area (Å²) in [6, 6.07) is 3.45. The minimum atomic E-state index is -4.44. The number of ether oxygens (including phenoxy) is 2. The van der Waals surface area contributed by atoms with Crippen LogP contribution in [-0.2, 0) is 4.74 Å². The van der Waals surface area contributed by atoms with Crippen molar-refractivity contribution >= 4 is 12.0 Å². The molecular formula is C11H10F3NO5. The predicted octanol–water partition coefficient (Wildman–Crippen LogP) is 2.37. The van der Waals surface area contributed by atoms with E-state index in [1.807, 2.05) is 0 Å². The number of nitro groups is 1. The summed E-state index contributed by atoms with van der Waals surface area (Å²) < 4.78 is 44.6. The lowest BCUT2D eigenvalue weighted by Gasteiger charge is -2.09. The molecular weight excluding hydrogens is 283 g/mol. The summed E-state index contributed by atoms with van der Waals surface area (Å²) in [4.78, 5) is 20.5. The topological polar surface area (TPSA) is 78.7 Å². The summed E-state index contributed by atoms with van der Waals surface area (Å²) >= 11 is 0. The number of halogens is 3. The fraction of sp³-hybridized carbons (Fsp3) is 0.364. The maximum absolute atomic E-state index is 11.8. The van der Waals surface area contributed by atoms with Crippen LogP contribution in [0.4, 0.5) is 18.9 Å². The molecule has 0 bridgehead atoms. The molecule has 0 aliphatic carbocycles. The molecule has 0 saturated carbocycles. The molecule has 0 unspecified atom stereocenters. The number of aldehydes is 1. The van der Waals surface area contributed by atoms with Gasteiger partial charge in [0.1, 0.15) is 19.5 Å². The Morgan fingerprint density at radius 2 is 2.00 bits per heavy atom. The van der Waals surface area contributed by atoms with Crippen LogP contribution in [0.5, 0.6) is 5.75 Å². The Morgan fingerprint density at radius 1 is 1.30 bits per heavy atom. The first-order chi connectivity index (χ1) is 9.33. The van der Waals surface area contributed by atoms with Crippen LogP contribution in [0.3, 0.4) is 0 Å². The van der Waals surface area contributed by atoms with Crippen molar-refractivity contribution in [3.05, 3.63) is 33.9 Å². The van der Waals surface area contributed by atoms with Gasteiger partial charge in [0.15, 0.2) is 5.75 Å². The van der Waals surface area contributed by atoms with E-state index in [0.717, 1.165) is 12.1 Å². The van der Waals surface area contributed by atoms with Gasteiger partial charge in [-0.25, -0.2) is 0 Å². The Labute approximate surface area is 111 Å². The first-order valence-corrected chi connectivity index (χ1v) is 5.34. The normalized spacial score (nSPS) is 11.2. The number of rotatable bonds is 7. The second kappa shape index (κ2) is 6.85. The first-order valence-electron chi connectivity index (χ1n) is 5.34. The highest BCUT2D eigenvalue weighted by Gasteiger charge is 2.27. The molecule has 0 atom stereocenters. The molecule has 1 rings (SSSR count). The van der Waals surface area contributed by atoms with Crippen LogP contribution in [-0.4, -0.2) is 37.2 Å². The van der Waals surface area contributed by atoms with Crippen molar-refractivity contribution in [1.82, 2.24) is 0 Å². The highest BCUT2D eigenvalue weighted by molar-refractivity contribution is 5.76. The maximum atomic E-state index is 11.8. The van der Waals surface area contributed by atoms with Gasteiger partial charge in [-0.15, -0.1) is 0 Å². The van der Waals surface area contributed by atoms with Gasteiger partial charge in [0, 0.05) is 11.6 Å². The summed E-state index contributed by atoms with van der Waals surface area (Å²) in [5.74, 6) is -0.199. The van der Waals surface area contributed by atoms with Gasteiger partial charge < -0.3 is 9.47 Å². The Bertz CT molecular complexity index is 489. The zero-order valence-electron chi connectivity index (χ0n) is 10.1. The minimum absolute atomic E-state index is 0.154. The highest BCUT2D eigenvalue weighted by Crippen LogP contribution is 2.27. The average Bonchev–Trinajstić information content (AvgIpc) is 2.36. The van der Waals surface area contributed by atoms with Crippen molar-refractivity contribution < 1.29 is 32.4 Å². The van der Waals surface area contributed by atoms with E-state index in [0.29, 0.717) is 6.29 Å². The van der Waals surface area contributed by atoms with Gasteiger partial charge in [-0.05, 0) is 12.1 Å². The van der Waals surface area contributed by atoms with Crippen molar-refractivity contribution in [3.63, 3.8) is 0 Å². The molecule has 0 fully saturated rings. The Morgan fingerprint density at radius 3 is 2.55 bits per heavy atom. The molecule has 1 aromatic carbocycles. The molecule has 20 heavy (non-hydrogen) atoms. The molecule has 0 radical (unpaired) electrons. The second-order valence-electron chi connectivity index (χ2n) is 3.62. The molecule has 0 aliphatic rings. The average molecular weight is 293 g/mol. The third-order valence-corrected chi connectivity index (χ3v) is 2.07. The maximum Gasteiger partial charge on any atom is 0.411 e. The van der Waals surface area contributed by atoms with Crippen LogP contribution in [0.1, 0.15) is 10.4 Å². The standard InChI is InChI=1S/C11H10F3NO5/c12-11(13,14)7-19-3-4-20-10-5-8(6-16)1-2-9(10)15(17)18/h1-2,5-6H,3-4,7H2. The minimum Gasteiger partial charge on any atom is -0.484 e. The Balaban J connectivity index is 2.58. The lowest BCUT2D eigenvalue weighted by Crippen LogP contribution is -2.19. The fourth-order valence-corrected chi connectivity index (χ4v) is 1.27. The first kappa shape index (κ1) is 15.9. The zero-order valence-corrected chi connectivity index (χ0v) is 10.1. The van der Waals surface area contributed by atoms with Gasteiger partial charge in [-0.1, -0.05) is 0 Å². The quantitative estimate of drug-likeness (QED) is 0.334. The van der Waals surface area contributed by atoms with E-state index >= 15 is 0 Å². The van der Waals surface area contributed by atoms with Gasteiger partial charge in [0.05, 0.1) is 11.5 Å². The molecule has 0 heterocycles. The second-order valence-corrected chi connectivity index (χ2v) is 3.62. The molecule has 110 valence electrons. The summed E-state index contributed by atoms with van der Waals surface area (Å²) in [7, 11) is 0. The van der Waals surface area contributed by atoms with E-state index in [2.05, 4.69) is 4.74 Å². The molecule has 0 spiro atoms. The Hall–Kier alpha value is -2.16. The molecule has 9 heteroatoms. The molecule has 0 aromatic heterocycles. The number of carbonyl (C=O) groups excluding carboxylic acids is 1. The van der Waals surface area contributed by atoms with Gasteiger partial charge >= 0.3 is 11.9 Å². The van der Waals surface area contributed by atoms with Crippen LogP contribution < -0.4 is 4.74 Å². The number of hydrogen-bond acceptors (Lipinski definition) is 5. The fourth-order valence-electron chi connectivity index (χ4n) is 1.27. The summed E-state index contributed by atoms with van der Waals surface area (Å²) in [6.45, 7) is -2.12. The van der Waals surface area contributed by atoms with Crippen molar-refractivity contribution in [1.29, 1.82) is 0 Å². The smallest absolute Gasteiger partial charge is 0.411 e. The van der Waals surface area contributed by atoms with Crippen molar-refractivity contribution in [3.8, 4) is 5.75 Å². The SMILES string of the molecule is O=Cc1ccc([N+](=O)[O-])c(OCCOCC(F)(F)F)c1. The molecule has 0 saturated heterocycles. The number of nitrogens with zero attached hydrogens (tertiary/aromatic N) is 1. The molecule has 0 amide bonds. The summed E-state index contributed by atoms with van der Waals surface area (Å²) in [6.07, 6.45) is -3.97. The number of benzene rings is 1. The molecule has 6 nitrogen and oxygen atoms in total. The van der Waals surface area contributed by atoms with Crippen molar-refractivity contribution in [2.45, 2.75) is 6.18 Å². The monoisotopic (exact) mass is 293 g/mol. The van der Waals surface area contributed by atoms with E-state index in [4.69, 9.17) is 4.74 Å². The highest BCUT2D eigenvalue weighted by atomic mass is 19.4. The van der Waals surface area contributed by atoms with E-state index in [9.17, 15) is 28.1 Å². The molecule has 0 aliphatic heterocycles. The van der Waals surface area contributed by atoms with E-state index in [-0.39, 0.29) is 30.2 Å². The van der Waals surface area contributed by atoms with E-state index in [1.165, 1.54) is 6.07 Å². The van der Waals surface area contributed by atoms with Crippen LogP contribution in [0.25, 0.3) is 0 Å². The molecule has 1 aromatic rings. The predicted molar refractivity (Wildman–Crippen MR) is 60.9 cm³/mol. The van der Waals surface area contributed by atoms with Gasteiger partial charge in [0.2, 0.25) is 0 Å². The number of carbonyl (C=O) groups is 1. The van der Waals surface area contributed by atoms with Crippen LogP contribution in [0.15, 0.2) is 18.2 Å². The van der Waals surface area contributed by atoms with Gasteiger partial charge in [-0.2, -0.15) is 13.2 Å². The summed E-state index contributed by atoms with van der Waals surface area (Å²) in [5, 5.41) is 10.7.